The third-order valence-electron chi connectivity index (χ3n) is 5.66. The van der Waals surface area contributed by atoms with Gasteiger partial charge in [0.15, 0.2) is 0 Å². The number of aryl methyl sites for hydroxylation is 1. The summed E-state index contributed by atoms with van der Waals surface area (Å²) in [5.41, 5.74) is 1.27. The molecule has 0 aliphatic carbocycles. The van der Waals surface area contributed by atoms with Crippen molar-refractivity contribution in [3.05, 3.63) is 29.8 Å². The Morgan fingerprint density at radius 1 is 0.968 bits per heavy atom. The molecule has 7 heteroatoms. The van der Waals surface area contributed by atoms with Crippen LogP contribution in [0.25, 0.3) is 0 Å². The minimum Gasteiger partial charge on any atom is -0.494 e. The molecule has 0 saturated carbocycles. The van der Waals surface area contributed by atoms with Crippen LogP contribution in [0.4, 0.5) is 0 Å². The van der Waals surface area contributed by atoms with Crippen LogP contribution >= 0.6 is 0 Å². The van der Waals surface area contributed by atoms with E-state index in [0.29, 0.717) is 0 Å². The number of carbonyl (C=O) groups excluding carboxylic acids is 1. The van der Waals surface area contributed by atoms with E-state index in [9.17, 15) is 4.79 Å². The highest BCUT2D eigenvalue weighted by atomic mass is 16.5. The molecule has 7 nitrogen and oxygen atoms in total. The summed E-state index contributed by atoms with van der Waals surface area (Å²) in [5, 5.41) is 10.3. The Labute approximate surface area is 188 Å². The molecule has 31 heavy (non-hydrogen) atoms. The summed E-state index contributed by atoms with van der Waals surface area (Å²) in [5.74, 6) is 0.799. The Morgan fingerprint density at radius 3 is 2.16 bits per heavy atom. The molecule has 3 N–H and O–H groups in total. The van der Waals surface area contributed by atoms with Crippen LogP contribution in [0.5, 0.6) is 5.75 Å². The van der Waals surface area contributed by atoms with Crippen molar-refractivity contribution < 1.29 is 14.3 Å². The molecule has 176 valence electrons. The zero-order valence-corrected chi connectivity index (χ0v) is 19.5. The maximum Gasteiger partial charge on any atom is 0.323 e. The molecule has 0 amide bonds. The monoisotopic (exact) mass is 434 g/mol. The van der Waals surface area contributed by atoms with Gasteiger partial charge < -0.3 is 25.4 Å². The van der Waals surface area contributed by atoms with Crippen LogP contribution in [-0.4, -0.2) is 83.0 Å². The Kier molecular flexibility index (Phi) is 13.2. The van der Waals surface area contributed by atoms with Crippen LogP contribution in [0.2, 0.25) is 0 Å². The summed E-state index contributed by atoms with van der Waals surface area (Å²) >= 11 is 0. The standard InChI is InChI=1S/C24H42N4O3/c1-3-4-20-31-22-10-8-21(9-11-22)6-5-7-23(24(29)30-2)28-18-16-26-14-12-25-13-15-27-17-19-28/h8-11,23,25-27H,3-7,12-20H2,1-2H3/t23-/m0/s1. The van der Waals surface area contributed by atoms with Gasteiger partial charge in [-0.2, -0.15) is 0 Å². The molecule has 1 aromatic rings. The van der Waals surface area contributed by atoms with Gasteiger partial charge in [-0.25, -0.2) is 0 Å². The Morgan fingerprint density at radius 2 is 1.58 bits per heavy atom. The molecule has 1 heterocycles. The van der Waals surface area contributed by atoms with Gasteiger partial charge in [-0.1, -0.05) is 25.5 Å². The van der Waals surface area contributed by atoms with Crippen LogP contribution in [0.1, 0.15) is 38.2 Å². The van der Waals surface area contributed by atoms with Gasteiger partial charge in [0, 0.05) is 52.4 Å². The molecule has 0 radical (unpaired) electrons. The molecule has 1 aliphatic rings. The van der Waals surface area contributed by atoms with Gasteiger partial charge in [-0.3, -0.25) is 9.69 Å². The van der Waals surface area contributed by atoms with Crippen molar-refractivity contribution in [2.24, 2.45) is 0 Å². The van der Waals surface area contributed by atoms with E-state index in [-0.39, 0.29) is 12.0 Å². The second-order valence-electron chi connectivity index (χ2n) is 8.06. The van der Waals surface area contributed by atoms with Crippen molar-refractivity contribution in [3.63, 3.8) is 0 Å². The highest BCUT2D eigenvalue weighted by Gasteiger charge is 2.26. The van der Waals surface area contributed by atoms with E-state index in [4.69, 9.17) is 9.47 Å². The number of esters is 1. The molecule has 1 aliphatic heterocycles. The summed E-state index contributed by atoms with van der Waals surface area (Å²) in [4.78, 5) is 14.8. The zero-order valence-electron chi connectivity index (χ0n) is 19.5. The van der Waals surface area contributed by atoms with E-state index in [0.717, 1.165) is 96.8 Å². The van der Waals surface area contributed by atoms with Crippen molar-refractivity contribution in [2.75, 3.05) is 66.1 Å². The quantitative estimate of drug-likeness (QED) is 0.383. The SMILES string of the molecule is CCCCOc1ccc(CCC[C@@H](C(=O)OC)N2CCNCCNCCNCC2)cc1. The summed E-state index contributed by atoms with van der Waals surface area (Å²) in [7, 11) is 1.49. The van der Waals surface area contributed by atoms with Crippen molar-refractivity contribution in [3.8, 4) is 5.75 Å². The van der Waals surface area contributed by atoms with Gasteiger partial charge in [0.25, 0.3) is 0 Å². The number of nitrogens with zero attached hydrogens (tertiary/aromatic N) is 1. The average Bonchev–Trinajstić information content (AvgIpc) is 2.78. The predicted molar refractivity (Wildman–Crippen MR) is 126 cm³/mol. The van der Waals surface area contributed by atoms with Crippen LogP contribution in [0, 0.1) is 0 Å². The molecule has 1 fully saturated rings. The number of carbonyl (C=O) groups is 1. The van der Waals surface area contributed by atoms with E-state index < -0.39 is 0 Å². The zero-order chi connectivity index (χ0) is 22.2. The Hall–Kier alpha value is -1.67. The van der Waals surface area contributed by atoms with E-state index in [2.05, 4.69) is 39.9 Å². The first kappa shape index (κ1) is 25.6. The molecule has 1 saturated heterocycles. The third-order valence-corrected chi connectivity index (χ3v) is 5.66. The smallest absolute Gasteiger partial charge is 0.323 e. The lowest BCUT2D eigenvalue weighted by Gasteiger charge is -2.30. The van der Waals surface area contributed by atoms with Gasteiger partial charge in [-0.15, -0.1) is 0 Å². The summed E-state index contributed by atoms with van der Waals surface area (Å²) in [6, 6.07) is 8.15. The maximum absolute atomic E-state index is 12.6. The second-order valence-corrected chi connectivity index (χ2v) is 8.06. The maximum atomic E-state index is 12.6. The van der Waals surface area contributed by atoms with Gasteiger partial charge in [0.05, 0.1) is 13.7 Å². The highest BCUT2D eigenvalue weighted by molar-refractivity contribution is 5.75. The van der Waals surface area contributed by atoms with Crippen LogP contribution in [-0.2, 0) is 16.0 Å². The molecular formula is C24H42N4O3. The number of benzene rings is 1. The number of ether oxygens (including phenoxy) is 2. The summed E-state index contributed by atoms with van der Waals surface area (Å²) in [6.07, 6.45) is 4.90. The lowest BCUT2D eigenvalue weighted by molar-refractivity contribution is -0.147. The molecule has 0 bridgehead atoms. The van der Waals surface area contributed by atoms with E-state index in [1.54, 1.807) is 0 Å². The second kappa shape index (κ2) is 16.0. The number of hydrogen-bond donors (Lipinski definition) is 3. The summed E-state index contributed by atoms with van der Waals surface area (Å²) < 4.78 is 10.9. The molecule has 2 rings (SSSR count). The molecule has 0 spiro atoms. The fourth-order valence-corrected chi connectivity index (χ4v) is 3.77. The lowest BCUT2D eigenvalue weighted by Crippen LogP contribution is -2.49. The number of unbranched alkanes of at least 4 members (excludes halogenated alkanes) is 1. The number of nitrogens with one attached hydrogen (secondary N) is 3. The first-order valence-corrected chi connectivity index (χ1v) is 11.9. The largest absolute Gasteiger partial charge is 0.494 e. The molecule has 1 atom stereocenters. The van der Waals surface area contributed by atoms with E-state index >= 15 is 0 Å². The Bertz CT molecular complexity index is 585. The van der Waals surface area contributed by atoms with Crippen LogP contribution in [0.15, 0.2) is 24.3 Å². The average molecular weight is 435 g/mol. The summed E-state index contributed by atoms with van der Waals surface area (Å²) in [6.45, 7) is 10.2. The van der Waals surface area contributed by atoms with Gasteiger partial charge in [0.2, 0.25) is 0 Å². The third kappa shape index (κ3) is 10.5. The topological polar surface area (TPSA) is 74.9 Å². The van der Waals surface area contributed by atoms with Crippen molar-refractivity contribution >= 4 is 5.97 Å². The van der Waals surface area contributed by atoms with Crippen LogP contribution in [0.3, 0.4) is 0 Å². The van der Waals surface area contributed by atoms with E-state index in [1.165, 1.54) is 12.7 Å². The fraction of sp³-hybridized carbons (Fsp3) is 0.708. The van der Waals surface area contributed by atoms with Crippen molar-refractivity contribution in [1.29, 1.82) is 0 Å². The lowest BCUT2D eigenvalue weighted by atomic mass is 10.0. The van der Waals surface area contributed by atoms with Crippen LogP contribution < -0.4 is 20.7 Å². The first-order valence-electron chi connectivity index (χ1n) is 11.9. The number of methoxy groups -OCH3 is 1. The van der Waals surface area contributed by atoms with Gasteiger partial charge in [-0.05, 0) is 43.4 Å². The molecule has 0 aromatic heterocycles. The highest BCUT2D eigenvalue weighted by Crippen LogP contribution is 2.16. The minimum atomic E-state index is -0.202. The van der Waals surface area contributed by atoms with Crippen molar-refractivity contribution in [2.45, 2.75) is 45.1 Å². The van der Waals surface area contributed by atoms with Crippen molar-refractivity contribution in [1.82, 2.24) is 20.9 Å². The molecule has 0 unspecified atom stereocenters. The first-order chi connectivity index (χ1) is 15.2. The Balaban J connectivity index is 1.86. The van der Waals surface area contributed by atoms with E-state index in [1.807, 2.05) is 12.1 Å². The fourth-order valence-electron chi connectivity index (χ4n) is 3.77. The van der Waals surface area contributed by atoms with Gasteiger partial charge in [0.1, 0.15) is 11.8 Å². The molecule has 1 aromatic carbocycles. The molecular weight excluding hydrogens is 392 g/mol. The number of hydrogen-bond acceptors (Lipinski definition) is 7. The predicted octanol–water partition coefficient (Wildman–Crippen LogP) is 1.81. The minimum absolute atomic E-state index is 0.131. The number of rotatable bonds is 10. The normalized spacial score (nSPS) is 17.9. The van der Waals surface area contributed by atoms with Gasteiger partial charge >= 0.3 is 5.97 Å².